The molecular formula is C17H19BrN2O3S. The summed E-state index contributed by atoms with van der Waals surface area (Å²) in [5.41, 5.74) is 2.51. The van der Waals surface area contributed by atoms with Crippen molar-refractivity contribution in [3.8, 4) is 0 Å². The molecule has 0 aliphatic carbocycles. The van der Waals surface area contributed by atoms with Crippen molar-refractivity contribution in [2.75, 3.05) is 17.1 Å². The number of nitrogens with zero attached hydrogens (tertiary/aromatic N) is 1. The van der Waals surface area contributed by atoms with Gasteiger partial charge in [-0.1, -0.05) is 36.4 Å². The molecule has 1 N–H and O–H groups in total. The van der Waals surface area contributed by atoms with E-state index >= 15 is 0 Å². The summed E-state index contributed by atoms with van der Waals surface area (Å²) in [7, 11) is -3.58. The molecule has 0 aliphatic heterocycles. The summed E-state index contributed by atoms with van der Waals surface area (Å²) in [6.45, 7) is 2.05. The minimum atomic E-state index is -3.58. The summed E-state index contributed by atoms with van der Waals surface area (Å²) < 4.78 is 25.8. The second kappa shape index (κ2) is 7.81. The van der Waals surface area contributed by atoms with Crippen molar-refractivity contribution in [2.24, 2.45) is 0 Å². The molecule has 0 unspecified atom stereocenters. The molecule has 2 rings (SSSR count). The van der Waals surface area contributed by atoms with E-state index in [1.54, 1.807) is 24.3 Å². The lowest BCUT2D eigenvalue weighted by molar-refractivity contribution is -0.119. The molecule has 5 nitrogen and oxygen atoms in total. The Morgan fingerprint density at radius 1 is 1.12 bits per heavy atom. The van der Waals surface area contributed by atoms with Crippen LogP contribution in [0.15, 0.2) is 53.0 Å². The third-order valence-electron chi connectivity index (χ3n) is 3.55. The van der Waals surface area contributed by atoms with E-state index in [1.807, 2.05) is 31.2 Å². The number of anilines is 1. The molecule has 0 fully saturated rings. The van der Waals surface area contributed by atoms with E-state index in [0.717, 1.165) is 21.7 Å². The fourth-order valence-corrected chi connectivity index (χ4v) is 3.71. The largest absolute Gasteiger partial charge is 0.350 e. The maximum absolute atomic E-state index is 12.2. The van der Waals surface area contributed by atoms with Gasteiger partial charge in [0.15, 0.2) is 0 Å². The number of benzene rings is 2. The minimum Gasteiger partial charge on any atom is -0.350 e. The van der Waals surface area contributed by atoms with Gasteiger partial charge in [0.1, 0.15) is 6.54 Å². The average molecular weight is 411 g/mol. The van der Waals surface area contributed by atoms with Crippen molar-refractivity contribution in [3.05, 3.63) is 64.1 Å². The van der Waals surface area contributed by atoms with Crippen LogP contribution < -0.4 is 9.62 Å². The van der Waals surface area contributed by atoms with Crippen molar-refractivity contribution in [3.63, 3.8) is 0 Å². The lowest BCUT2D eigenvalue weighted by atomic mass is 10.1. The molecule has 0 spiro atoms. The van der Waals surface area contributed by atoms with Gasteiger partial charge in [0.2, 0.25) is 15.9 Å². The molecule has 0 aromatic heterocycles. The third-order valence-corrected chi connectivity index (χ3v) is 5.34. The van der Waals surface area contributed by atoms with E-state index in [9.17, 15) is 13.2 Å². The zero-order chi connectivity index (χ0) is 17.7. The van der Waals surface area contributed by atoms with Crippen molar-refractivity contribution < 1.29 is 13.2 Å². The van der Waals surface area contributed by atoms with Gasteiger partial charge in [0, 0.05) is 11.0 Å². The summed E-state index contributed by atoms with van der Waals surface area (Å²) in [6, 6.07) is 14.6. The molecule has 2 aromatic rings. The van der Waals surface area contributed by atoms with Gasteiger partial charge in [0.25, 0.3) is 0 Å². The Bertz CT molecular complexity index is 837. The lowest BCUT2D eigenvalue weighted by Crippen LogP contribution is -2.40. The third kappa shape index (κ3) is 4.82. The van der Waals surface area contributed by atoms with Crippen molar-refractivity contribution >= 4 is 37.5 Å². The Balaban J connectivity index is 2.12. The molecule has 24 heavy (non-hydrogen) atoms. The van der Waals surface area contributed by atoms with Crippen molar-refractivity contribution in [1.82, 2.24) is 5.32 Å². The Morgan fingerprint density at radius 2 is 1.75 bits per heavy atom. The van der Waals surface area contributed by atoms with Gasteiger partial charge in [-0.05, 0) is 46.1 Å². The molecule has 0 saturated carbocycles. The Labute approximate surface area is 150 Å². The zero-order valence-electron chi connectivity index (χ0n) is 13.5. The van der Waals surface area contributed by atoms with Crippen molar-refractivity contribution in [2.45, 2.75) is 13.5 Å². The standard InChI is InChI=1S/C17H19BrN2O3S/c1-13-7-3-4-8-14(13)11-19-17(21)12-20(24(2,22)23)16-10-6-5-9-15(16)18/h3-10H,11-12H2,1-2H3,(H,19,21). The van der Waals surface area contributed by atoms with Crippen LogP contribution in [0.3, 0.4) is 0 Å². The minimum absolute atomic E-state index is 0.271. The first-order chi connectivity index (χ1) is 11.3. The number of halogens is 1. The van der Waals surface area contributed by atoms with Crippen LogP contribution in [0, 0.1) is 6.92 Å². The Hall–Kier alpha value is -1.86. The molecular weight excluding hydrogens is 392 g/mol. The Kier molecular flexibility index (Phi) is 6.01. The Morgan fingerprint density at radius 3 is 2.38 bits per heavy atom. The first-order valence-corrected chi connectivity index (χ1v) is 9.96. The van der Waals surface area contributed by atoms with E-state index in [-0.39, 0.29) is 12.5 Å². The van der Waals surface area contributed by atoms with Gasteiger partial charge in [-0.2, -0.15) is 0 Å². The summed E-state index contributed by atoms with van der Waals surface area (Å²) in [6.07, 6.45) is 1.08. The predicted molar refractivity (Wildman–Crippen MR) is 99.4 cm³/mol. The SMILES string of the molecule is Cc1ccccc1CNC(=O)CN(c1ccccc1Br)S(C)(=O)=O. The summed E-state index contributed by atoms with van der Waals surface area (Å²) in [4.78, 5) is 12.2. The molecule has 2 aromatic carbocycles. The first kappa shape index (κ1) is 18.5. The number of hydrogen-bond acceptors (Lipinski definition) is 3. The topological polar surface area (TPSA) is 66.5 Å². The highest BCUT2D eigenvalue weighted by Crippen LogP contribution is 2.27. The maximum atomic E-state index is 12.2. The first-order valence-electron chi connectivity index (χ1n) is 7.32. The summed E-state index contributed by atoms with van der Waals surface area (Å²) >= 11 is 3.33. The van der Waals surface area contributed by atoms with Crippen LogP contribution in [0.25, 0.3) is 0 Å². The molecule has 0 saturated heterocycles. The molecule has 0 bridgehead atoms. The number of nitrogens with one attached hydrogen (secondary N) is 1. The fraction of sp³-hybridized carbons (Fsp3) is 0.235. The lowest BCUT2D eigenvalue weighted by Gasteiger charge is -2.23. The number of sulfonamides is 1. The molecule has 0 radical (unpaired) electrons. The number of para-hydroxylation sites is 1. The number of carbonyl (C=O) groups excluding carboxylic acids is 1. The molecule has 1 amide bonds. The fourth-order valence-electron chi connectivity index (χ4n) is 2.22. The highest BCUT2D eigenvalue weighted by atomic mass is 79.9. The number of amides is 1. The smallest absolute Gasteiger partial charge is 0.241 e. The predicted octanol–water partition coefficient (Wildman–Crippen LogP) is 2.84. The number of carbonyl (C=O) groups is 1. The summed E-state index contributed by atoms with van der Waals surface area (Å²) in [5, 5.41) is 2.77. The van der Waals surface area contributed by atoms with E-state index in [1.165, 1.54) is 0 Å². The van der Waals surface area contributed by atoms with E-state index in [4.69, 9.17) is 0 Å². The van der Waals surface area contributed by atoms with Gasteiger partial charge in [-0.3, -0.25) is 9.10 Å². The highest BCUT2D eigenvalue weighted by Gasteiger charge is 2.22. The van der Waals surface area contributed by atoms with Crippen LogP contribution in [0.2, 0.25) is 0 Å². The van der Waals surface area contributed by atoms with Gasteiger partial charge in [-0.25, -0.2) is 8.42 Å². The number of hydrogen-bond donors (Lipinski definition) is 1. The second-order valence-electron chi connectivity index (χ2n) is 5.42. The van der Waals surface area contributed by atoms with Crippen LogP contribution in [0.1, 0.15) is 11.1 Å². The number of aryl methyl sites for hydroxylation is 1. The van der Waals surface area contributed by atoms with Crippen LogP contribution in [0.4, 0.5) is 5.69 Å². The van der Waals surface area contributed by atoms with E-state index in [2.05, 4.69) is 21.2 Å². The molecule has 7 heteroatoms. The van der Waals surface area contributed by atoms with Crippen LogP contribution in [0.5, 0.6) is 0 Å². The van der Waals surface area contributed by atoms with Gasteiger partial charge in [-0.15, -0.1) is 0 Å². The monoisotopic (exact) mass is 410 g/mol. The van der Waals surface area contributed by atoms with Crippen molar-refractivity contribution in [1.29, 1.82) is 0 Å². The van der Waals surface area contributed by atoms with Crippen LogP contribution in [-0.2, 0) is 21.4 Å². The van der Waals surface area contributed by atoms with Gasteiger partial charge < -0.3 is 5.32 Å². The van der Waals surface area contributed by atoms with Crippen LogP contribution >= 0.6 is 15.9 Å². The normalized spacial score (nSPS) is 11.1. The number of rotatable bonds is 6. The quantitative estimate of drug-likeness (QED) is 0.795. The molecule has 0 aliphatic rings. The van der Waals surface area contributed by atoms with Crippen LogP contribution in [-0.4, -0.2) is 27.1 Å². The average Bonchev–Trinajstić information content (AvgIpc) is 2.52. The molecule has 0 atom stereocenters. The van der Waals surface area contributed by atoms with Gasteiger partial charge >= 0.3 is 0 Å². The zero-order valence-corrected chi connectivity index (χ0v) is 15.9. The molecule has 0 heterocycles. The van der Waals surface area contributed by atoms with E-state index < -0.39 is 10.0 Å². The maximum Gasteiger partial charge on any atom is 0.241 e. The van der Waals surface area contributed by atoms with E-state index in [0.29, 0.717) is 16.7 Å². The summed E-state index contributed by atoms with van der Waals surface area (Å²) in [5.74, 6) is -0.362. The second-order valence-corrected chi connectivity index (χ2v) is 8.19. The highest BCUT2D eigenvalue weighted by molar-refractivity contribution is 9.10. The van der Waals surface area contributed by atoms with Gasteiger partial charge in [0.05, 0.1) is 11.9 Å². The molecule has 128 valence electrons.